The second-order valence-corrected chi connectivity index (χ2v) is 6.77. The van der Waals surface area contributed by atoms with Gasteiger partial charge in [-0.3, -0.25) is 10.1 Å². The number of pyridine rings is 1. The molecule has 1 atom stereocenters. The number of anilines is 1. The molecule has 148 valence electrons. The van der Waals surface area contributed by atoms with Gasteiger partial charge in [-0.1, -0.05) is 36.4 Å². The molecule has 0 bridgehead atoms. The zero-order valence-corrected chi connectivity index (χ0v) is 15.8. The summed E-state index contributed by atoms with van der Waals surface area (Å²) in [5.74, 6) is -0.511. The van der Waals surface area contributed by atoms with E-state index in [9.17, 15) is 4.39 Å². The molecule has 2 aromatic carbocycles. The highest BCUT2D eigenvalue weighted by Gasteiger charge is 2.12. The molecule has 7 heteroatoms. The van der Waals surface area contributed by atoms with Crippen molar-refractivity contribution in [2.45, 2.75) is 6.04 Å². The number of aliphatic hydroxyl groups excluding tert-OH is 1. The molecule has 0 aliphatic heterocycles. The van der Waals surface area contributed by atoms with E-state index < -0.39 is 5.95 Å². The Hall–Kier alpha value is -3.29. The SMILES string of the molecule is OCCNC[C@@H](Nc1cncc(-c2ccc3[nH]nc(F)c3c2)c1)c1ccccc1. The number of H-pyrrole nitrogens is 1. The van der Waals surface area contributed by atoms with E-state index in [1.807, 2.05) is 36.4 Å². The number of rotatable bonds is 8. The first-order chi connectivity index (χ1) is 14.2. The van der Waals surface area contributed by atoms with Gasteiger partial charge >= 0.3 is 0 Å². The van der Waals surface area contributed by atoms with E-state index in [4.69, 9.17) is 5.11 Å². The largest absolute Gasteiger partial charge is 0.395 e. The third-order valence-electron chi connectivity index (χ3n) is 4.77. The minimum absolute atomic E-state index is 0.00796. The van der Waals surface area contributed by atoms with Crippen LogP contribution in [0.2, 0.25) is 0 Å². The standard InChI is InChI=1S/C22H22FN5O/c23-22-19-11-16(6-7-20(19)27-28-22)17-10-18(13-25-12-17)26-21(14-24-8-9-29)15-4-2-1-3-5-15/h1-7,10-13,21,24,26,29H,8-9,14H2,(H,27,28)/t21-/m1/s1. The highest BCUT2D eigenvalue weighted by Crippen LogP contribution is 2.27. The average Bonchev–Trinajstić information content (AvgIpc) is 3.14. The summed E-state index contributed by atoms with van der Waals surface area (Å²) in [4.78, 5) is 4.35. The van der Waals surface area contributed by atoms with Crippen LogP contribution in [0.3, 0.4) is 0 Å². The van der Waals surface area contributed by atoms with Crippen LogP contribution in [0.15, 0.2) is 67.0 Å². The summed E-state index contributed by atoms with van der Waals surface area (Å²) in [6.45, 7) is 1.27. The molecule has 0 amide bonds. The topological polar surface area (TPSA) is 85.9 Å². The van der Waals surface area contributed by atoms with Gasteiger partial charge in [0.1, 0.15) is 0 Å². The van der Waals surface area contributed by atoms with Crippen LogP contribution in [0, 0.1) is 5.95 Å². The third kappa shape index (κ3) is 4.42. The van der Waals surface area contributed by atoms with E-state index in [0.29, 0.717) is 24.0 Å². The van der Waals surface area contributed by atoms with Gasteiger partial charge in [0.05, 0.1) is 29.2 Å². The van der Waals surface area contributed by atoms with Crippen LogP contribution in [-0.2, 0) is 0 Å². The number of benzene rings is 2. The second-order valence-electron chi connectivity index (χ2n) is 6.77. The predicted molar refractivity (Wildman–Crippen MR) is 112 cm³/mol. The summed E-state index contributed by atoms with van der Waals surface area (Å²) in [6, 6.07) is 17.6. The molecule has 4 N–H and O–H groups in total. The molecule has 0 aliphatic rings. The van der Waals surface area contributed by atoms with Crippen molar-refractivity contribution in [1.82, 2.24) is 20.5 Å². The van der Waals surface area contributed by atoms with Crippen molar-refractivity contribution in [1.29, 1.82) is 0 Å². The molecule has 0 aliphatic carbocycles. The van der Waals surface area contributed by atoms with Gasteiger partial charge in [0, 0.05) is 31.0 Å². The van der Waals surface area contributed by atoms with Crippen LogP contribution in [0.5, 0.6) is 0 Å². The highest BCUT2D eigenvalue weighted by molar-refractivity contribution is 5.84. The van der Waals surface area contributed by atoms with Crippen LogP contribution in [0.25, 0.3) is 22.0 Å². The Kier molecular flexibility index (Phi) is 5.79. The van der Waals surface area contributed by atoms with Crippen molar-refractivity contribution < 1.29 is 9.50 Å². The van der Waals surface area contributed by atoms with Gasteiger partial charge in [-0.05, 0) is 29.3 Å². The zero-order valence-electron chi connectivity index (χ0n) is 15.8. The maximum absolute atomic E-state index is 13.8. The van der Waals surface area contributed by atoms with Crippen LogP contribution in [0.1, 0.15) is 11.6 Å². The molecule has 0 saturated heterocycles. The molecule has 0 fully saturated rings. The fourth-order valence-corrected chi connectivity index (χ4v) is 3.30. The number of hydrogen-bond donors (Lipinski definition) is 4. The van der Waals surface area contributed by atoms with Crippen molar-refractivity contribution in [3.05, 3.63) is 78.5 Å². The Balaban J connectivity index is 1.59. The smallest absolute Gasteiger partial charge is 0.240 e. The molecule has 4 rings (SSSR count). The molecule has 0 unspecified atom stereocenters. The van der Waals surface area contributed by atoms with Gasteiger partial charge < -0.3 is 15.7 Å². The van der Waals surface area contributed by atoms with Gasteiger partial charge in [0.15, 0.2) is 0 Å². The lowest BCUT2D eigenvalue weighted by Gasteiger charge is -2.21. The van der Waals surface area contributed by atoms with E-state index in [1.165, 1.54) is 0 Å². The Bertz CT molecular complexity index is 1080. The number of halogens is 1. The van der Waals surface area contributed by atoms with Crippen LogP contribution >= 0.6 is 0 Å². The van der Waals surface area contributed by atoms with Gasteiger partial charge in [-0.2, -0.15) is 4.39 Å². The molecular formula is C22H22FN5O. The van der Waals surface area contributed by atoms with Gasteiger partial charge in [-0.15, -0.1) is 5.10 Å². The number of nitrogens with one attached hydrogen (secondary N) is 3. The molecule has 29 heavy (non-hydrogen) atoms. The molecule has 2 heterocycles. The fraction of sp³-hybridized carbons (Fsp3) is 0.182. The number of aromatic amines is 1. The van der Waals surface area contributed by atoms with Crippen molar-refractivity contribution in [3.8, 4) is 11.1 Å². The predicted octanol–water partition coefficient (Wildman–Crippen LogP) is 3.50. The van der Waals surface area contributed by atoms with Crippen molar-refractivity contribution in [2.75, 3.05) is 25.0 Å². The molecule has 2 aromatic heterocycles. The number of aromatic nitrogens is 3. The maximum atomic E-state index is 13.8. The number of fused-ring (bicyclic) bond motifs is 1. The summed E-state index contributed by atoms with van der Waals surface area (Å²) in [5, 5.41) is 22.5. The van der Waals surface area contributed by atoms with Gasteiger partial charge in [-0.25, -0.2) is 0 Å². The normalized spacial score (nSPS) is 12.2. The lowest BCUT2D eigenvalue weighted by Crippen LogP contribution is -2.28. The summed E-state index contributed by atoms with van der Waals surface area (Å²) in [7, 11) is 0. The summed E-state index contributed by atoms with van der Waals surface area (Å²) < 4.78 is 13.8. The first kappa shape index (κ1) is 19.0. The lowest BCUT2D eigenvalue weighted by molar-refractivity contribution is 0.291. The van der Waals surface area contributed by atoms with E-state index in [0.717, 1.165) is 22.4 Å². The van der Waals surface area contributed by atoms with Crippen LogP contribution < -0.4 is 10.6 Å². The van der Waals surface area contributed by atoms with E-state index in [1.54, 1.807) is 18.5 Å². The molecular weight excluding hydrogens is 369 g/mol. The minimum atomic E-state index is -0.511. The Morgan fingerprint density at radius 3 is 2.72 bits per heavy atom. The Morgan fingerprint density at radius 1 is 1.03 bits per heavy atom. The van der Waals surface area contributed by atoms with E-state index in [-0.39, 0.29) is 12.6 Å². The van der Waals surface area contributed by atoms with Crippen LogP contribution in [-0.4, -0.2) is 40.0 Å². The Morgan fingerprint density at radius 2 is 1.90 bits per heavy atom. The summed E-state index contributed by atoms with van der Waals surface area (Å²) in [5.41, 5.74) is 4.39. The quantitative estimate of drug-likeness (QED) is 0.346. The van der Waals surface area contributed by atoms with E-state index in [2.05, 4.69) is 37.9 Å². The first-order valence-electron chi connectivity index (χ1n) is 9.46. The third-order valence-corrected chi connectivity index (χ3v) is 4.77. The van der Waals surface area contributed by atoms with Crippen LogP contribution in [0.4, 0.5) is 10.1 Å². The number of aliphatic hydroxyl groups is 1. The fourth-order valence-electron chi connectivity index (χ4n) is 3.30. The van der Waals surface area contributed by atoms with Crippen molar-refractivity contribution in [3.63, 3.8) is 0 Å². The van der Waals surface area contributed by atoms with Crippen molar-refractivity contribution in [2.24, 2.45) is 0 Å². The average molecular weight is 391 g/mol. The van der Waals surface area contributed by atoms with E-state index >= 15 is 0 Å². The molecule has 4 aromatic rings. The number of nitrogens with zero attached hydrogens (tertiary/aromatic N) is 2. The number of hydrogen-bond acceptors (Lipinski definition) is 5. The maximum Gasteiger partial charge on any atom is 0.240 e. The summed E-state index contributed by atoms with van der Waals surface area (Å²) in [6.07, 6.45) is 3.52. The van der Waals surface area contributed by atoms with Gasteiger partial charge in [0.2, 0.25) is 5.95 Å². The highest BCUT2D eigenvalue weighted by atomic mass is 19.1. The van der Waals surface area contributed by atoms with Gasteiger partial charge in [0.25, 0.3) is 0 Å². The lowest BCUT2D eigenvalue weighted by atomic mass is 10.0. The second kappa shape index (κ2) is 8.81. The monoisotopic (exact) mass is 391 g/mol. The molecule has 0 saturated carbocycles. The first-order valence-corrected chi connectivity index (χ1v) is 9.46. The molecule has 0 radical (unpaired) electrons. The molecule has 0 spiro atoms. The molecule has 6 nitrogen and oxygen atoms in total. The zero-order chi connectivity index (χ0) is 20.1. The Labute approximate surface area is 167 Å². The summed E-state index contributed by atoms with van der Waals surface area (Å²) >= 11 is 0. The minimum Gasteiger partial charge on any atom is -0.395 e. The van der Waals surface area contributed by atoms with Crippen molar-refractivity contribution >= 4 is 16.6 Å².